The molecule has 24 aromatic rings. The van der Waals surface area contributed by atoms with Gasteiger partial charge in [-0.15, -0.1) is 68.0 Å². The Morgan fingerprint density at radius 1 is 0.203 bits per heavy atom. The Kier molecular flexibility index (Phi) is 24.6. The van der Waals surface area contributed by atoms with Crippen LogP contribution in [0.1, 0.15) is 148 Å². The second kappa shape index (κ2) is 37.3. The summed E-state index contributed by atoms with van der Waals surface area (Å²) in [6.07, 6.45) is 0. The summed E-state index contributed by atoms with van der Waals surface area (Å²) in [4.78, 5) is 24.3. The Morgan fingerprint density at radius 3 is 0.730 bits per heavy atom. The van der Waals surface area contributed by atoms with Crippen LogP contribution in [0.2, 0.25) is 14.8 Å². The van der Waals surface area contributed by atoms with E-state index in [2.05, 4.69) is 471 Å². The van der Waals surface area contributed by atoms with Gasteiger partial charge in [0.15, 0.2) is 0 Å². The van der Waals surface area contributed by atoms with E-state index in [1.165, 1.54) is 275 Å². The number of hydrogen-bond acceptors (Lipinski definition) is 14. The van der Waals surface area contributed by atoms with E-state index in [0.717, 1.165) is 40.8 Å². The third-order valence-electron chi connectivity index (χ3n) is 31.0. The van der Waals surface area contributed by atoms with Crippen molar-refractivity contribution in [2.75, 3.05) is 0 Å². The first-order valence-corrected chi connectivity index (χ1v) is 69.3. The van der Waals surface area contributed by atoms with Crippen molar-refractivity contribution >= 4 is 219 Å². The first kappa shape index (κ1) is 97.4. The molecule has 14 aromatic carbocycles. The molecule has 18 heteroatoms. The summed E-state index contributed by atoms with van der Waals surface area (Å²) in [7, 11) is 0. The van der Waals surface area contributed by atoms with Crippen LogP contribution < -0.4 is 2.89 Å². The maximum absolute atomic E-state index is 4.91. The van der Waals surface area contributed by atoms with Crippen LogP contribution in [0.25, 0.3) is 137 Å². The van der Waals surface area contributed by atoms with Crippen molar-refractivity contribution in [1.29, 1.82) is 0 Å². The molecule has 0 saturated heterocycles. The van der Waals surface area contributed by atoms with Gasteiger partial charge in [-0.1, -0.05) is 299 Å². The fourth-order valence-corrected chi connectivity index (χ4v) is 40.1. The second-order valence-electron chi connectivity index (χ2n) is 41.3. The fraction of sp³-hybridized carbons (Fsp3) is 0.138. The van der Waals surface area contributed by atoms with E-state index in [0.29, 0.717) is 0 Å². The normalized spacial score (nSPS) is 13.8. The van der Waals surface area contributed by atoms with Crippen molar-refractivity contribution < 1.29 is 0 Å². The van der Waals surface area contributed by atoms with Crippen molar-refractivity contribution in [3.05, 3.63) is 495 Å². The summed E-state index contributed by atoms with van der Waals surface area (Å²) in [5.41, 5.74) is 43.0. The fourth-order valence-electron chi connectivity index (χ4n) is 24.0. The van der Waals surface area contributed by atoms with Crippen molar-refractivity contribution in [2.24, 2.45) is 0 Å². The van der Waals surface area contributed by atoms with Crippen LogP contribution in [0.4, 0.5) is 0 Å². The molecule has 10 aromatic heterocycles. The zero-order valence-corrected chi connectivity index (χ0v) is 98.2. The first-order chi connectivity index (χ1) is 71.2. The Hall–Kier alpha value is -11.3. The van der Waals surface area contributed by atoms with Crippen LogP contribution in [0, 0.1) is 76.2 Å². The van der Waals surface area contributed by atoms with Gasteiger partial charge in [0.05, 0.1) is 41.0 Å². The van der Waals surface area contributed by atoms with Gasteiger partial charge in [0.25, 0.3) is 0 Å². The van der Waals surface area contributed by atoms with Crippen LogP contribution in [-0.2, 0) is 21.7 Å². The third kappa shape index (κ3) is 15.3. The monoisotopic (exact) mass is 2320 g/mol. The minimum Gasteiger partial charge on any atom is -0.172 e. The molecule has 10 heterocycles. The minimum atomic E-state index is -2.01. The first-order valence-electron chi connectivity index (χ1n) is 49.8. The molecule has 0 saturated carbocycles. The molecule has 28 rings (SSSR count). The summed E-state index contributed by atoms with van der Waals surface area (Å²) in [5.74, 6) is 0. The molecule has 148 heavy (non-hydrogen) atoms. The average molecular weight is 2330 g/mol. The van der Waals surface area contributed by atoms with Crippen LogP contribution in [0.15, 0.2) is 347 Å². The number of benzene rings is 14. The molecule has 0 amide bonds. The quantitative estimate of drug-likeness (QED) is 0.102. The number of thiophene rings is 8. The smallest absolute Gasteiger partial charge is 0.114 e. The molecule has 0 aliphatic heterocycles. The largest absolute Gasteiger partial charge is 0.172 e. The van der Waals surface area contributed by atoms with Crippen LogP contribution >= 0.6 is 146 Å². The molecular formula is C130H98BBr2N4S10Sn. The molecular weight excluding hydrogens is 2230 g/mol. The van der Waals surface area contributed by atoms with E-state index in [1.54, 1.807) is 2.89 Å². The summed E-state index contributed by atoms with van der Waals surface area (Å²) in [6.45, 7) is 24.1. The van der Waals surface area contributed by atoms with Gasteiger partial charge in [-0.05, 0) is 260 Å². The maximum Gasteiger partial charge on any atom is 0.114 e. The molecule has 4 aliphatic carbocycles. The molecule has 0 unspecified atom stereocenters. The van der Waals surface area contributed by atoms with E-state index >= 15 is 0 Å². The molecule has 0 fully saturated rings. The molecule has 0 bridgehead atoms. The third-order valence-corrected chi connectivity index (χ3v) is 51.6. The summed E-state index contributed by atoms with van der Waals surface area (Å²) < 4.78 is 22.9. The molecule has 3 radical (unpaired) electrons. The molecule has 0 atom stereocenters. The van der Waals surface area contributed by atoms with Crippen molar-refractivity contribution in [2.45, 2.75) is 113 Å². The molecule has 0 N–H and O–H groups in total. The van der Waals surface area contributed by atoms with E-state index in [-0.39, 0.29) is 8.41 Å². The van der Waals surface area contributed by atoms with Crippen molar-refractivity contribution in [3.8, 4) is 93.3 Å². The number of aromatic nitrogens is 4. The Bertz CT molecular complexity index is 9040. The number of aryl methyl sites for hydroxylation is 11. The van der Waals surface area contributed by atoms with Crippen LogP contribution in [-0.4, -0.2) is 44.3 Å². The number of fused-ring (bicyclic) bond motifs is 10. The second-order valence-corrected chi connectivity index (χ2v) is 69.6. The Morgan fingerprint density at radius 2 is 0.446 bits per heavy atom. The molecule has 0 spiro atoms. The van der Waals surface area contributed by atoms with Gasteiger partial charge in [-0.2, -0.15) is 8.75 Å². The summed E-state index contributed by atoms with van der Waals surface area (Å²) in [6, 6.07) is 131. The van der Waals surface area contributed by atoms with E-state index in [1.807, 2.05) is 90.7 Å². The molecule has 4 nitrogen and oxygen atoms in total. The van der Waals surface area contributed by atoms with Gasteiger partial charge < -0.3 is 0 Å². The SMILES string of the molecule is Cc1ccc(-c2ccc(-c3cc[c]([Sn]([CH3])([CH3])[CH3])s3)c3nsnc23)s1.Cc1ccc(C2(c3ccc(C)cc3)c3cc(Br)sc3-c3ccc4c5c(ccc2c35)-c2sc(Br)cc2C4(c2ccc(C)cc2)c2ccc(C)cc2)cc1.Cc1ccc(C2(c3ccc(C)cc3)c3cc(C)sc3-c3ccc4c5c(ccc2c35)-c2sc(-c3ccc(-c5ccc(-c6ccc(C)s6)c6nsnc56)s3)cc2C4(c2ccc(C)cc2)c2ccc(C)cc2)cc1.[B]. The zero-order chi connectivity index (χ0) is 100. The summed E-state index contributed by atoms with van der Waals surface area (Å²) >= 11 is 23.6. The zero-order valence-electron chi connectivity index (χ0n) is 84.0. The van der Waals surface area contributed by atoms with Gasteiger partial charge in [0, 0.05) is 90.6 Å². The predicted octanol–water partition coefficient (Wildman–Crippen LogP) is 38.7. The van der Waals surface area contributed by atoms with E-state index in [4.69, 9.17) is 8.75 Å². The van der Waals surface area contributed by atoms with Crippen molar-refractivity contribution in [1.82, 2.24) is 17.5 Å². The maximum atomic E-state index is 4.91. The van der Waals surface area contributed by atoms with E-state index < -0.39 is 40.0 Å². The number of rotatable bonds is 14. The van der Waals surface area contributed by atoms with Gasteiger partial charge in [-0.25, -0.2) is 0 Å². The molecule has 4 aliphatic rings. The van der Waals surface area contributed by atoms with Gasteiger partial charge in [0.2, 0.25) is 0 Å². The Balaban J connectivity index is 0.000000129. The number of nitrogens with zero attached hydrogens (tertiary/aromatic N) is 4. The predicted molar refractivity (Wildman–Crippen MR) is 652 cm³/mol. The topological polar surface area (TPSA) is 51.6 Å². The van der Waals surface area contributed by atoms with Crippen LogP contribution in [0.5, 0.6) is 0 Å². The van der Waals surface area contributed by atoms with E-state index in [9.17, 15) is 0 Å². The minimum absolute atomic E-state index is 0. The summed E-state index contributed by atoms with van der Waals surface area (Å²) in [5, 5.41) is 5.43. The Labute approximate surface area is 927 Å². The van der Waals surface area contributed by atoms with Crippen molar-refractivity contribution in [3.63, 3.8) is 0 Å². The number of hydrogen-bond donors (Lipinski definition) is 0. The standard InChI is InChI=1S/C64H46N2S5.C48H34Br2S2.C15H9N2S3.3CH3.B.Sn/c1-35-7-16-41(17-8-35)63(42-18-9-36(2)10-19-42)49-29-27-48-58-50(28-26-47(57(49)58)61-51(63)33-40(6)68-61)64(43-20-11-37(3)12-21-43,44-22-13-38(4)14-23-44)52-34-56(70-62(48)52)55-32-31-54(69-55)46-25-24-45(53-30-15-39(5)67-53)59-60(46)66-71-65-59;1-27-5-13-31(14-6-27)47(32-15-7-28(2)8-16-32)37-23-21-36-44-38(24-22-35(43(37)44)45-39(47)25-41(49)51-45)48(33-17-9-29(3)10-18-33,34-19-11-30(4)12-20-34)40-26-42(50)52-46(36)40;1-9-4-7-13(19-9)11-6-5-10(12-3-2-8-18-12)14-15(11)17-20-16-14;;;;;/h7-34H,1-6H3;5-26H,1-4H3;2-7H,1H3;3*1H3;;. The average Bonchev–Trinajstić information content (AvgIpc) is 1.31. The van der Waals surface area contributed by atoms with Gasteiger partial charge in [-0.3, -0.25) is 0 Å². The van der Waals surface area contributed by atoms with Gasteiger partial charge >= 0.3 is 159 Å². The van der Waals surface area contributed by atoms with Crippen LogP contribution in [0.3, 0.4) is 0 Å². The molecule has 719 valence electrons. The number of halogens is 2. The van der Waals surface area contributed by atoms with Gasteiger partial charge in [0.1, 0.15) is 11.0 Å².